The molecule has 3 N–H and O–H groups in total. The van der Waals surface area contributed by atoms with Gasteiger partial charge in [0.1, 0.15) is 17.8 Å². The molecular weight excluding hydrogens is 402 g/mol. The molecule has 158 valence electrons. The number of hydrogen-bond acceptors (Lipinski definition) is 5. The molecule has 5 rings (SSSR count). The van der Waals surface area contributed by atoms with Crippen LogP contribution in [-0.4, -0.2) is 34.1 Å². The summed E-state index contributed by atoms with van der Waals surface area (Å²) in [6, 6.07) is 11.1. The zero-order valence-electron chi connectivity index (χ0n) is 16.5. The number of rotatable bonds is 6. The van der Waals surface area contributed by atoms with Gasteiger partial charge in [-0.05, 0) is 55.2 Å². The van der Waals surface area contributed by atoms with Gasteiger partial charge >= 0.3 is 10.3 Å². The van der Waals surface area contributed by atoms with Crippen molar-refractivity contribution in [3.63, 3.8) is 0 Å². The number of nitrogens with zero attached hydrogens (tertiary/aromatic N) is 3. The van der Waals surface area contributed by atoms with E-state index in [9.17, 15) is 8.42 Å². The maximum Gasteiger partial charge on any atom is 0.333 e. The highest BCUT2D eigenvalue weighted by Crippen LogP contribution is 2.38. The summed E-state index contributed by atoms with van der Waals surface area (Å²) in [5, 5.41) is 4.62. The van der Waals surface area contributed by atoms with Crippen molar-refractivity contribution in [3.05, 3.63) is 54.0 Å². The fourth-order valence-electron chi connectivity index (χ4n) is 4.96. The Morgan fingerprint density at radius 2 is 2.00 bits per heavy atom. The second kappa shape index (κ2) is 7.64. The zero-order chi connectivity index (χ0) is 20.7. The highest BCUT2D eigenvalue weighted by Gasteiger charge is 2.28. The zero-order valence-corrected chi connectivity index (χ0v) is 17.3. The first-order valence-corrected chi connectivity index (χ1v) is 11.8. The minimum Gasteiger partial charge on any atom is -0.363 e. The van der Waals surface area contributed by atoms with Gasteiger partial charge in [-0.15, -0.1) is 0 Å². The van der Waals surface area contributed by atoms with Crippen molar-refractivity contribution in [2.24, 2.45) is 5.92 Å². The summed E-state index contributed by atoms with van der Waals surface area (Å²) in [6.45, 7) is 0.261. The van der Waals surface area contributed by atoms with Gasteiger partial charge in [0.25, 0.3) is 0 Å². The lowest BCUT2D eigenvalue weighted by atomic mass is 10.1. The van der Waals surface area contributed by atoms with Crippen LogP contribution < -0.4 is 10.0 Å². The van der Waals surface area contributed by atoms with Crippen molar-refractivity contribution in [1.29, 1.82) is 0 Å². The first-order chi connectivity index (χ1) is 14.5. The van der Waals surface area contributed by atoms with Crippen LogP contribution in [0.5, 0.6) is 0 Å². The van der Waals surface area contributed by atoms with E-state index < -0.39 is 10.3 Å². The Kier molecular flexibility index (Phi) is 4.96. The fourth-order valence-corrected chi connectivity index (χ4v) is 5.41. The summed E-state index contributed by atoms with van der Waals surface area (Å²) < 4.78 is 35.2. The molecule has 9 heteroatoms. The predicted octanol–water partition coefficient (Wildman–Crippen LogP) is 3.26. The molecule has 1 aromatic carbocycles. The number of benzene rings is 1. The molecule has 3 aromatic rings. The van der Waals surface area contributed by atoms with Gasteiger partial charge in [-0.1, -0.05) is 24.3 Å². The second-order valence-corrected chi connectivity index (χ2v) is 9.51. The number of aromatic nitrogens is 3. The monoisotopic (exact) mass is 427 g/mol. The van der Waals surface area contributed by atoms with Gasteiger partial charge in [0.05, 0.1) is 11.4 Å². The van der Waals surface area contributed by atoms with Crippen LogP contribution in [0.15, 0.2) is 42.9 Å². The van der Waals surface area contributed by atoms with E-state index in [1.54, 1.807) is 6.33 Å². The van der Waals surface area contributed by atoms with E-state index in [1.807, 2.05) is 0 Å². The molecule has 2 aliphatic carbocycles. The molecule has 0 aliphatic heterocycles. The van der Waals surface area contributed by atoms with E-state index >= 15 is 0 Å². The van der Waals surface area contributed by atoms with Gasteiger partial charge in [-0.3, -0.25) is 4.55 Å². The van der Waals surface area contributed by atoms with E-state index in [2.05, 4.69) is 61.1 Å². The van der Waals surface area contributed by atoms with Gasteiger partial charge in [-0.25, -0.2) is 9.97 Å². The van der Waals surface area contributed by atoms with Crippen LogP contribution in [0.25, 0.3) is 11.0 Å². The van der Waals surface area contributed by atoms with Crippen LogP contribution in [0, 0.1) is 5.92 Å². The standard InChI is InChI=1S/C21H25N5O3S/c27-30(28,29)24-12-14-5-7-16(11-14)26-10-9-18-20(22-13-23-21(18)26)25-19-8-6-15-3-1-2-4-17(15)19/h1-4,9-10,13-14,16,19,24H,5-8,11-12H2,(H,22,23,25)(H,27,28,29)/t14-,16-,19-/m0/s1. The van der Waals surface area contributed by atoms with Crippen LogP contribution in [0.4, 0.5) is 5.82 Å². The first kappa shape index (κ1) is 19.5. The molecule has 0 bridgehead atoms. The fraction of sp³-hybridized carbons (Fsp3) is 0.429. The maximum atomic E-state index is 10.9. The number of fused-ring (bicyclic) bond motifs is 2. The van der Waals surface area contributed by atoms with Crippen LogP contribution in [-0.2, 0) is 16.7 Å². The van der Waals surface area contributed by atoms with E-state index in [-0.39, 0.29) is 24.5 Å². The minimum atomic E-state index is -4.14. The molecule has 2 heterocycles. The molecule has 2 aromatic heterocycles. The SMILES string of the molecule is O=S(=O)(O)NC[C@H]1CC[C@H](n2ccc3c(N[C@H]4CCc5ccccc54)ncnc32)C1. The summed E-state index contributed by atoms with van der Waals surface area (Å²) in [6.07, 6.45) is 8.48. The molecule has 3 atom stereocenters. The van der Waals surface area contributed by atoms with Crippen molar-refractivity contribution in [1.82, 2.24) is 19.3 Å². The Labute approximate surface area is 175 Å². The second-order valence-electron chi connectivity index (χ2n) is 8.27. The smallest absolute Gasteiger partial charge is 0.333 e. The molecular formula is C21H25N5O3S. The summed E-state index contributed by atoms with van der Waals surface area (Å²) in [4.78, 5) is 9.05. The van der Waals surface area contributed by atoms with Gasteiger partial charge in [-0.2, -0.15) is 13.1 Å². The predicted molar refractivity (Wildman–Crippen MR) is 115 cm³/mol. The average Bonchev–Trinajstić information content (AvgIpc) is 3.44. The van der Waals surface area contributed by atoms with Gasteiger partial charge < -0.3 is 9.88 Å². The van der Waals surface area contributed by atoms with Crippen molar-refractivity contribution in [3.8, 4) is 0 Å². The van der Waals surface area contributed by atoms with Gasteiger partial charge in [0.15, 0.2) is 0 Å². The molecule has 1 saturated carbocycles. The quantitative estimate of drug-likeness (QED) is 0.521. The third-order valence-corrected chi connectivity index (χ3v) is 6.95. The van der Waals surface area contributed by atoms with Crippen molar-refractivity contribution in [2.75, 3.05) is 11.9 Å². The number of nitrogens with one attached hydrogen (secondary N) is 2. The first-order valence-electron chi connectivity index (χ1n) is 10.4. The maximum absolute atomic E-state index is 10.9. The molecule has 2 aliphatic rings. The molecule has 30 heavy (non-hydrogen) atoms. The van der Waals surface area contributed by atoms with E-state index in [1.165, 1.54) is 11.1 Å². The summed E-state index contributed by atoms with van der Waals surface area (Å²) in [5.74, 6) is 1.05. The van der Waals surface area contributed by atoms with Gasteiger partial charge in [0.2, 0.25) is 0 Å². The van der Waals surface area contributed by atoms with Crippen molar-refractivity contribution < 1.29 is 13.0 Å². The highest BCUT2D eigenvalue weighted by molar-refractivity contribution is 7.83. The van der Waals surface area contributed by atoms with Crippen molar-refractivity contribution in [2.45, 2.75) is 44.2 Å². The van der Waals surface area contributed by atoms with Crippen molar-refractivity contribution >= 4 is 27.2 Å². The van der Waals surface area contributed by atoms with E-state index in [0.29, 0.717) is 0 Å². The van der Waals surface area contributed by atoms with Gasteiger partial charge in [0, 0.05) is 18.8 Å². The third-order valence-electron chi connectivity index (χ3n) is 6.41. The molecule has 0 amide bonds. The molecule has 1 fully saturated rings. The number of aryl methyl sites for hydroxylation is 1. The lowest BCUT2D eigenvalue weighted by molar-refractivity contribution is 0.440. The molecule has 8 nitrogen and oxygen atoms in total. The topological polar surface area (TPSA) is 109 Å². The number of anilines is 1. The Morgan fingerprint density at radius 3 is 2.87 bits per heavy atom. The normalized spacial score (nSPS) is 23.7. The van der Waals surface area contributed by atoms with Crippen LogP contribution in [0.3, 0.4) is 0 Å². The Hall–Kier alpha value is -2.49. The molecule has 0 spiro atoms. The third kappa shape index (κ3) is 3.80. The number of hydrogen-bond donors (Lipinski definition) is 3. The largest absolute Gasteiger partial charge is 0.363 e. The summed E-state index contributed by atoms with van der Waals surface area (Å²) in [7, 11) is -4.14. The molecule has 0 saturated heterocycles. The molecule has 0 radical (unpaired) electrons. The summed E-state index contributed by atoms with van der Waals surface area (Å²) in [5.41, 5.74) is 3.63. The highest BCUT2D eigenvalue weighted by atomic mass is 32.2. The van der Waals surface area contributed by atoms with Crippen LogP contribution in [0.1, 0.15) is 48.9 Å². The van der Waals surface area contributed by atoms with E-state index in [4.69, 9.17) is 4.55 Å². The van der Waals surface area contributed by atoms with E-state index in [0.717, 1.165) is 49.0 Å². The lowest BCUT2D eigenvalue weighted by Crippen LogP contribution is -2.27. The van der Waals surface area contributed by atoms with Crippen LogP contribution in [0.2, 0.25) is 0 Å². The van der Waals surface area contributed by atoms with Crippen LogP contribution >= 0.6 is 0 Å². The Bertz CT molecular complexity index is 1180. The summed E-state index contributed by atoms with van der Waals surface area (Å²) >= 11 is 0. The Balaban J connectivity index is 1.35. The molecule has 0 unspecified atom stereocenters. The average molecular weight is 428 g/mol. The lowest BCUT2D eigenvalue weighted by Gasteiger charge is -2.17. The minimum absolute atomic E-state index is 0.198. The Morgan fingerprint density at radius 1 is 1.13 bits per heavy atom.